The van der Waals surface area contributed by atoms with Gasteiger partial charge in [0.1, 0.15) is 0 Å². The topological polar surface area (TPSA) is 35.6 Å². The van der Waals surface area contributed by atoms with Gasteiger partial charge in [0.25, 0.3) is 0 Å². The molecule has 0 saturated carbocycles. The van der Waals surface area contributed by atoms with E-state index in [1.54, 1.807) is 0 Å². The maximum absolute atomic E-state index is 12.7. The molecule has 2 fully saturated rings. The average molecular weight is 338 g/mol. The number of piperazine rings is 1. The Labute approximate surface area is 145 Å². The zero-order chi connectivity index (χ0) is 15.4. The molecule has 1 amide bonds. The lowest BCUT2D eigenvalue weighted by Crippen LogP contribution is -2.55. The summed E-state index contributed by atoms with van der Waals surface area (Å²) < 4.78 is 0. The van der Waals surface area contributed by atoms with E-state index in [1.807, 2.05) is 0 Å². The lowest BCUT2D eigenvalue weighted by Gasteiger charge is -2.41. The van der Waals surface area contributed by atoms with Gasteiger partial charge in [0.05, 0.1) is 0 Å². The van der Waals surface area contributed by atoms with Crippen LogP contribution in [0.2, 0.25) is 0 Å². The average Bonchev–Trinajstić information content (AvgIpc) is 2.56. The summed E-state index contributed by atoms with van der Waals surface area (Å²) in [7, 11) is 0. The molecule has 0 spiro atoms. The van der Waals surface area contributed by atoms with E-state index in [-0.39, 0.29) is 18.3 Å². The molecule has 2 aliphatic heterocycles. The van der Waals surface area contributed by atoms with Crippen molar-refractivity contribution in [1.82, 2.24) is 15.1 Å². The maximum Gasteiger partial charge on any atom is 0.226 e. The molecule has 2 saturated heterocycles. The van der Waals surface area contributed by atoms with Gasteiger partial charge in [0, 0.05) is 38.1 Å². The number of hydrogen-bond acceptors (Lipinski definition) is 3. The van der Waals surface area contributed by atoms with Crippen LogP contribution >= 0.6 is 12.4 Å². The first kappa shape index (κ1) is 18.2. The minimum atomic E-state index is 0. The fraction of sp³-hybridized carbons (Fsp3) is 0.611. The summed E-state index contributed by atoms with van der Waals surface area (Å²) in [6.45, 7) is 7.98. The van der Waals surface area contributed by atoms with Gasteiger partial charge < -0.3 is 10.2 Å². The van der Waals surface area contributed by atoms with Crippen molar-refractivity contribution in [2.24, 2.45) is 5.92 Å². The van der Waals surface area contributed by atoms with Crippen molar-refractivity contribution in [3.63, 3.8) is 0 Å². The number of rotatable bonds is 3. The molecule has 0 bridgehead atoms. The fourth-order valence-corrected chi connectivity index (χ4v) is 3.65. The quantitative estimate of drug-likeness (QED) is 0.918. The van der Waals surface area contributed by atoms with Crippen LogP contribution in [0.15, 0.2) is 30.3 Å². The van der Waals surface area contributed by atoms with Crippen LogP contribution in [0.3, 0.4) is 0 Å². The molecule has 2 aliphatic rings. The Morgan fingerprint density at radius 1 is 1.17 bits per heavy atom. The van der Waals surface area contributed by atoms with Crippen molar-refractivity contribution in [1.29, 1.82) is 0 Å². The molecule has 3 rings (SSSR count). The number of hydrogen-bond donors (Lipinski definition) is 1. The zero-order valence-corrected chi connectivity index (χ0v) is 14.7. The van der Waals surface area contributed by atoms with Crippen LogP contribution in [-0.4, -0.2) is 54.5 Å². The number of carbonyl (C=O) groups excluding carboxylic acids is 1. The van der Waals surface area contributed by atoms with E-state index in [9.17, 15) is 4.79 Å². The highest BCUT2D eigenvalue weighted by molar-refractivity contribution is 5.85. The second-order valence-corrected chi connectivity index (χ2v) is 6.63. The number of carbonyl (C=O) groups is 1. The highest BCUT2D eigenvalue weighted by atomic mass is 35.5. The van der Waals surface area contributed by atoms with Crippen LogP contribution in [-0.2, 0) is 11.3 Å². The van der Waals surface area contributed by atoms with Gasteiger partial charge in [-0.15, -0.1) is 12.4 Å². The number of piperidine rings is 1. The van der Waals surface area contributed by atoms with Gasteiger partial charge in [0.2, 0.25) is 5.91 Å². The molecule has 5 heteroatoms. The molecule has 4 nitrogen and oxygen atoms in total. The summed E-state index contributed by atoms with van der Waals surface area (Å²) >= 11 is 0. The normalized spacial score (nSPS) is 23.3. The first-order valence-corrected chi connectivity index (χ1v) is 8.51. The van der Waals surface area contributed by atoms with Gasteiger partial charge in [-0.2, -0.15) is 0 Å². The Morgan fingerprint density at radius 3 is 2.52 bits per heavy atom. The summed E-state index contributed by atoms with van der Waals surface area (Å²) in [5.41, 5.74) is 1.35. The van der Waals surface area contributed by atoms with Crippen molar-refractivity contribution in [2.45, 2.75) is 32.4 Å². The molecular formula is C18H28ClN3O. The molecule has 0 radical (unpaired) electrons. The van der Waals surface area contributed by atoms with Crippen molar-refractivity contribution >= 4 is 18.3 Å². The predicted octanol–water partition coefficient (Wildman–Crippen LogP) is 2.14. The summed E-state index contributed by atoms with van der Waals surface area (Å²) in [5, 5.41) is 3.34. The minimum absolute atomic E-state index is 0. The largest absolute Gasteiger partial charge is 0.337 e. The van der Waals surface area contributed by atoms with E-state index < -0.39 is 0 Å². The smallest absolute Gasteiger partial charge is 0.226 e. The molecule has 2 heterocycles. The first-order valence-electron chi connectivity index (χ1n) is 8.51. The molecule has 23 heavy (non-hydrogen) atoms. The van der Waals surface area contributed by atoms with E-state index in [4.69, 9.17) is 0 Å². The van der Waals surface area contributed by atoms with Gasteiger partial charge in [-0.3, -0.25) is 9.69 Å². The van der Waals surface area contributed by atoms with Crippen LogP contribution in [0.25, 0.3) is 0 Å². The minimum Gasteiger partial charge on any atom is -0.337 e. The second-order valence-electron chi connectivity index (χ2n) is 6.63. The molecule has 0 aromatic heterocycles. The maximum atomic E-state index is 12.7. The Balaban J connectivity index is 0.00000192. The molecule has 1 aromatic carbocycles. The zero-order valence-electron chi connectivity index (χ0n) is 13.9. The molecule has 1 unspecified atom stereocenters. The molecule has 0 aliphatic carbocycles. The monoisotopic (exact) mass is 337 g/mol. The third-order valence-electron chi connectivity index (χ3n) is 4.93. The van der Waals surface area contributed by atoms with Gasteiger partial charge in [0.15, 0.2) is 0 Å². The number of halogens is 1. The van der Waals surface area contributed by atoms with E-state index in [0.717, 1.165) is 52.1 Å². The lowest BCUT2D eigenvalue weighted by atomic mass is 9.95. The molecule has 128 valence electrons. The molecule has 1 N–H and O–H groups in total. The van der Waals surface area contributed by atoms with Gasteiger partial charge in [-0.25, -0.2) is 0 Å². The Kier molecular flexibility index (Phi) is 6.88. The van der Waals surface area contributed by atoms with Gasteiger partial charge in [-0.05, 0) is 38.4 Å². The third kappa shape index (κ3) is 4.69. The summed E-state index contributed by atoms with van der Waals surface area (Å²) in [6, 6.07) is 10.9. The van der Waals surface area contributed by atoms with Crippen molar-refractivity contribution in [3.05, 3.63) is 35.9 Å². The summed E-state index contributed by atoms with van der Waals surface area (Å²) in [4.78, 5) is 17.3. The Hall–Kier alpha value is -1.10. The SMILES string of the molecule is CC1CN(Cc2ccccc2)CCN1C(=O)C1CCNCC1.Cl. The fourth-order valence-electron chi connectivity index (χ4n) is 3.65. The van der Waals surface area contributed by atoms with Gasteiger partial charge >= 0.3 is 0 Å². The highest BCUT2D eigenvalue weighted by Gasteiger charge is 2.32. The number of nitrogens with one attached hydrogen (secondary N) is 1. The molecule has 1 aromatic rings. The van der Waals surface area contributed by atoms with Crippen LogP contribution in [0.5, 0.6) is 0 Å². The predicted molar refractivity (Wildman–Crippen MR) is 95.7 cm³/mol. The van der Waals surface area contributed by atoms with E-state index in [2.05, 4.69) is 52.4 Å². The molecular weight excluding hydrogens is 310 g/mol. The number of benzene rings is 1. The van der Waals surface area contributed by atoms with Crippen molar-refractivity contribution in [3.8, 4) is 0 Å². The van der Waals surface area contributed by atoms with Crippen molar-refractivity contribution < 1.29 is 4.79 Å². The molecule has 1 atom stereocenters. The van der Waals surface area contributed by atoms with E-state index in [0.29, 0.717) is 11.9 Å². The Morgan fingerprint density at radius 2 is 1.87 bits per heavy atom. The lowest BCUT2D eigenvalue weighted by molar-refractivity contribution is -0.141. The van der Waals surface area contributed by atoms with E-state index >= 15 is 0 Å². The van der Waals surface area contributed by atoms with Crippen LogP contribution < -0.4 is 5.32 Å². The summed E-state index contributed by atoms with van der Waals surface area (Å²) in [6.07, 6.45) is 1.99. The third-order valence-corrected chi connectivity index (χ3v) is 4.93. The Bertz CT molecular complexity index is 490. The van der Waals surface area contributed by atoms with Crippen LogP contribution in [0, 0.1) is 5.92 Å². The van der Waals surface area contributed by atoms with Crippen molar-refractivity contribution in [2.75, 3.05) is 32.7 Å². The first-order chi connectivity index (χ1) is 10.7. The standard InChI is InChI=1S/C18H27N3O.ClH/c1-15-13-20(14-16-5-3-2-4-6-16)11-12-21(15)18(22)17-7-9-19-10-8-17;/h2-6,15,17,19H,7-14H2,1H3;1H. The van der Waals surface area contributed by atoms with Gasteiger partial charge in [-0.1, -0.05) is 30.3 Å². The van der Waals surface area contributed by atoms with E-state index in [1.165, 1.54) is 5.56 Å². The second kappa shape index (κ2) is 8.67. The van der Waals surface area contributed by atoms with Crippen LogP contribution in [0.1, 0.15) is 25.3 Å². The summed E-state index contributed by atoms with van der Waals surface area (Å²) in [5.74, 6) is 0.623. The highest BCUT2D eigenvalue weighted by Crippen LogP contribution is 2.20. The number of nitrogens with zero attached hydrogens (tertiary/aromatic N) is 2. The number of amides is 1. The van der Waals surface area contributed by atoms with Crippen LogP contribution in [0.4, 0.5) is 0 Å².